The van der Waals surface area contributed by atoms with Gasteiger partial charge < -0.3 is 10.2 Å². The SMILES string of the molecule is CCCNC(=O)C(CC)N(CCc1ccccc1)C(=O)CN(c1cc(C)ccc1C)S(=O)(=O)N(C)C. The van der Waals surface area contributed by atoms with Crippen LogP contribution in [0.2, 0.25) is 0 Å². The molecule has 0 saturated heterocycles. The van der Waals surface area contributed by atoms with Gasteiger partial charge in [-0.3, -0.25) is 9.59 Å². The van der Waals surface area contributed by atoms with E-state index < -0.39 is 28.7 Å². The number of rotatable bonds is 13. The monoisotopic (exact) mass is 516 g/mol. The van der Waals surface area contributed by atoms with Gasteiger partial charge >= 0.3 is 10.2 Å². The summed E-state index contributed by atoms with van der Waals surface area (Å²) in [5.41, 5.74) is 3.10. The van der Waals surface area contributed by atoms with E-state index in [1.165, 1.54) is 19.0 Å². The van der Waals surface area contributed by atoms with E-state index >= 15 is 0 Å². The number of amides is 2. The molecule has 1 atom stereocenters. The van der Waals surface area contributed by atoms with E-state index in [9.17, 15) is 18.0 Å². The van der Waals surface area contributed by atoms with Crippen LogP contribution in [-0.4, -0.2) is 69.2 Å². The molecular weight excluding hydrogens is 476 g/mol. The third-order valence-corrected chi connectivity index (χ3v) is 7.88. The maximum atomic E-state index is 13.8. The van der Waals surface area contributed by atoms with Crippen LogP contribution in [0.25, 0.3) is 0 Å². The van der Waals surface area contributed by atoms with Crippen molar-refractivity contribution in [2.45, 2.75) is 53.0 Å². The lowest BCUT2D eigenvalue weighted by Crippen LogP contribution is -2.54. The van der Waals surface area contributed by atoms with Crippen molar-refractivity contribution in [2.75, 3.05) is 38.0 Å². The molecule has 9 heteroatoms. The van der Waals surface area contributed by atoms with E-state index in [1.54, 1.807) is 6.07 Å². The van der Waals surface area contributed by atoms with Crippen molar-refractivity contribution in [3.8, 4) is 0 Å². The van der Waals surface area contributed by atoms with Crippen molar-refractivity contribution in [3.63, 3.8) is 0 Å². The number of carbonyl (C=O) groups excluding carboxylic acids is 2. The molecule has 0 spiro atoms. The smallest absolute Gasteiger partial charge is 0.304 e. The highest BCUT2D eigenvalue weighted by atomic mass is 32.2. The van der Waals surface area contributed by atoms with E-state index in [-0.39, 0.29) is 5.91 Å². The van der Waals surface area contributed by atoms with Gasteiger partial charge in [0.1, 0.15) is 12.6 Å². The Balaban J connectivity index is 2.46. The van der Waals surface area contributed by atoms with Crippen molar-refractivity contribution in [2.24, 2.45) is 0 Å². The van der Waals surface area contributed by atoms with Crippen LogP contribution >= 0.6 is 0 Å². The predicted octanol–water partition coefficient (Wildman–Crippen LogP) is 3.29. The first-order chi connectivity index (χ1) is 17.0. The van der Waals surface area contributed by atoms with Gasteiger partial charge in [0, 0.05) is 27.2 Å². The molecule has 0 bridgehead atoms. The highest BCUT2D eigenvalue weighted by Crippen LogP contribution is 2.26. The third kappa shape index (κ3) is 7.54. The number of aryl methyl sites for hydroxylation is 2. The lowest BCUT2D eigenvalue weighted by molar-refractivity contribution is -0.139. The second-order valence-electron chi connectivity index (χ2n) is 9.12. The fourth-order valence-corrected chi connectivity index (χ4v) is 5.06. The van der Waals surface area contributed by atoms with Crippen LogP contribution in [0.15, 0.2) is 48.5 Å². The average molecular weight is 517 g/mol. The topological polar surface area (TPSA) is 90.0 Å². The first kappa shape index (κ1) is 29.3. The quantitative estimate of drug-likeness (QED) is 0.442. The van der Waals surface area contributed by atoms with Gasteiger partial charge in [0.25, 0.3) is 0 Å². The zero-order valence-corrected chi connectivity index (χ0v) is 23.1. The number of hydrogen-bond donors (Lipinski definition) is 1. The molecule has 36 heavy (non-hydrogen) atoms. The maximum Gasteiger partial charge on any atom is 0.304 e. The number of benzene rings is 2. The fraction of sp³-hybridized carbons (Fsp3) is 0.481. The van der Waals surface area contributed by atoms with Crippen LogP contribution < -0.4 is 9.62 Å². The highest BCUT2D eigenvalue weighted by Gasteiger charge is 2.34. The van der Waals surface area contributed by atoms with Crippen LogP contribution in [0, 0.1) is 13.8 Å². The molecule has 8 nitrogen and oxygen atoms in total. The summed E-state index contributed by atoms with van der Waals surface area (Å²) in [4.78, 5) is 28.3. The van der Waals surface area contributed by atoms with Gasteiger partial charge in [-0.25, -0.2) is 4.31 Å². The molecule has 1 unspecified atom stereocenters. The Kier molecular flexibility index (Phi) is 10.9. The minimum Gasteiger partial charge on any atom is -0.354 e. The molecule has 0 saturated carbocycles. The third-order valence-electron chi connectivity index (χ3n) is 6.07. The lowest BCUT2D eigenvalue weighted by Gasteiger charge is -2.34. The van der Waals surface area contributed by atoms with Gasteiger partial charge in [-0.2, -0.15) is 12.7 Å². The Labute approximate surface area is 216 Å². The van der Waals surface area contributed by atoms with E-state index in [2.05, 4.69) is 5.32 Å². The summed E-state index contributed by atoms with van der Waals surface area (Å²) in [5.74, 6) is -0.648. The van der Waals surface area contributed by atoms with Crippen LogP contribution in [0.4, 0.5) is 5.69 Å². The van der Waals surface area contributed by atoms with Gasteiger partial charge in [0.05, 0.1) is 5.69 Å². The second kappa shape index (κ2) is 13.4. The zero-order valence-electron chi connectivity index (χ0n) is 22.3. The Morgan fingerprint density at radius 2 is 1.67 bits per heavy atom. The molecule has 0 aliphatic heterocycles. The number of hydrogen-bond acceptors (Lipinski definition) is 4. The van der Waals surface area contributed by atoms with E-state index in [0.29, 0.717) is 31.6 Å². The lowest BCUT2D eigenvalue weighted by atomic mass is 10.1. The summed E-state index contributed by atoms with van der Waals surface area (Å²) in [6.07, 6.45) is 1.75. The minimum absolute atomic E-state index is 0.227. The van der Waals surface area contributed by atoms with Crippen LogP contribution in [0.3, 0.4) is 0 Å². The molecule has 1 N–H and O–H groups in total. The molecule has 2 aromatic rings. The van der Waals surface area contributed by atoms with Crippen molar-refractivity contribution >= 4 is 27.7 Å². The standard InChI is InChI=1S/C27H40N4O4S/c1-7-17-28-27(33)24(8-2)30(18-16-23-12-10-9-11-13-23)26(32)20-31(36(34,35)29(5)6)25-19-21(3)14-15-22(25)4/h9-15,19,24H,7-8,16-18,20H2,1-6H3,(H,28,33). The van der Waals surface area contributed by atoms with Crippen LogP contribution in [0.1, 0.15) is 43.4 Å². The van der Waals surface area contributed by atoms with Crippen LogP contribution in [0.5, 0.6) is 0 Å². The van der Waals surface area contributed by atoms with Crippen molar-refractivity contribution in [3.05, 3.63) is 65.2 Å². The van der Waals surface area contributed by atoms with Crippen molar-refractivity contribution < 1.29 is 18.0 Å². The highest BCUT2D eigenvalue weighted by molar-refractivity contribution is 7.90. The second-order valence-corrected chi connectivity index (χ2v) is 11.2. The summed E-state index contributed by atoms with van der Waals surface area (Å²) in [6, 6.07) is 14.5. The van der Waals surface area contributed by atoms with Gasteiger partial charge in [-0.05, 0) is 55.9 Å². The molecule has 0 heterocycles. The van der Waals surface area contributed by atoms with Gasteiger partial charge in [-0.1, -0.05) is 56.3 Å². The molecule has 0 aliphatic carbocycles. The molecule has 0 aromatic heterocycles. The summed E-state index contributed by atoms with van der Waals surface area (Å²) < 4.78 is 28.9. The van der Waals surface area contributed by atoms with Crippen molar-refractivity contribution in [1.29, 1.82) is 0 Å². The number of nitrogens with zero attached hydrogens (tertiary/aromatic N) is 3. The van der Waals surface area contributed by atoms with E-state index in [0.717, 1.165) is 31.7 Å². The number of nitrogens with one attached hydrogen (secondary N) is 1. The molecule has 2 rings (SSSR count). The molecule has 0 aliphatic rings. The predicted molar refractivity (Wildman–Crippen MR) is 145 cm³/mol. The van der Waals surface area contributed by atoms with E-state index in [4.69, 9.17) is 0 Å². The number of anilines is 1. The largest absolute Gasteiger partial charge is 0.354 e. The first-order valence-electron chi connectivity index (χ1n) is 12.4. The fourth-order valence-electron chi connectivity index (χ4n) is 3.95. The first-order valence-corrected chi connectivity index (χ1v) is 13.8. The molecule has 2 amide bonds. The Hall–Kier alpha value is -2.91. The summed E-state index contributed by atoms with van der Waals surface area (Å²) in [5, 5.41) is 2.89. The minimum atomic E-state index is -3.98. The van der Waals surface area contributed by atoms with Crippen molar-refractivity contribution in [1.82, 2.24) is 14.5 Å². The molecule has 0 radical (unpaired) electrons. The molecule has 2 aromatic carbocycles. The van der Waals surface area contributed by atoms with Crippen LogP contribution in [-0.2, 0) is 26.2 Å². The van der Waals surface area contributed by atoms with Gasteiger partial charge in [-0.15, -0.1) is 0 Å². The maximum absolute atomic E-state index is 13.8. The summed E-state index contributed by atoms with van der Waals surface area (Å²) in [7, 11) is -1.09. The molecule has 0 fully saturated rings. The Morgan fingerprint density at radius 3 is 2.25 bits per heavy atom. The zero-order chi connectivity index (χ0) is 26.9. The molecular formula is C27H40N4O4S. The van der Waals surface area contributed by atoms with Gasteiger partial charge in [0.2, 0.25) is 11.8 Å². The average Bonchev–Trinajstić information content (AvgIpc) is 2.85. The molecule has 198 valence electrons. The normalized spacial score (nSPS) is 12.3. The van der Waals surface area contributed by atoms with E-state index in [1.807, 2.05) is 70.2 Å². The summed E-state index contributed by atoms with van der Waals surface area (Å²) >= 11 is 0. The summed E-state index contributed by atoms with van der Waals surface area (Å²) in [6.45, 7) is 7.92. The number of carbonyl (C=O) groups is 2. The Morgan fingerprint density at radius 1 is 1.00 bits per heavy atom. The Bertz CT molecular complexity index is 1120. The van der Waals surface area contributed by atoms with Gasteiger partial charge in [0.15, 0.2) is 0 Å².